The molecule has 3 rings (SSSR count). The van der Waals surface area contributed by atoms with Gasteiger partial charge in [-0.1, -0.05) is 0 Å². The van der Waals surface area contributed by atoms with Crippen molar-refractivity contribution in [1.82, 2.24) is 14.9 Å². The van der Waals surface area contributed by atoms with Gasteiger partial charge >= 0.3 is 5.97 Å². The fourth-order valence-electron chi connectivity index (χ4n) is 2.39. The van der Waals surface area contributed by atoms with Crippen LogP contribution in [-0.2, 0) is 9.47 Å². The Kier molecular flexibility index (Phi) is 5.31. The van der Waals surface area contributed by atoms with Gasteiger partial charge in [0.05, 0.1) is 23.8 Å². The van der Waals surface area contributed by atoms with Crippen LogP contribution in [0, 0.1) is 0 Å². The molecule has 3 heterocycles. The van der Waals surface area contributed by atoms with Gasteiger partial charge in [0.15, 0.2) is 11.5 Å². The van der Waals surface area contributed by atoms with E-state index < -0.39 is 23.0 Å². The predicted molar refractivity (Wildman–Crippen MR) is 91.8 cm³/mol. The highest BCUT2D eigenvalue weighted by atomic mass is 32.1. The van der Waals surface area contributed by atoms with Gasteiger partial charge < -0.3 is 25.3 Å². The van der Waals surface area contributed by atoms with Gasteiger partial charge in [0.2, 0.25) is 5.75 Å². The fraction of sp³-hybridized carbons (Fsp3) is 0.400. The predicted octanol–water partition coefficient (Wildman–Crippen LogP) is 0.275. The average Bonchev–Trinajstić information content (AvgIpc) is 3.04. The first-order valence-electron chi connectivity index (χ1n) is 7.70. The fourth-order valence-corrected chi connectivity index (χ4v) is 3.15. The molecule has 0 bridgehead atoms. The van der Waals surface area contributed by atoms with E-state index in [0.29, 0.717) is 30.3 Å². The van der Waals surface area contributed by atoms with Crippen molar-refractivity contribution in [2.45, 2.75) is 0 Å². The minimum absolute atomic E-state index is 0.121. The van der Waals surface area contributed by atoms with Crippen LogP contribution in [0.15, 0.2) is 16.2 Å². The van der Waals surface area contributed by atoms with Crippen LogP contribution in [0.25, 0.3) is 10.7 Å². The first-order chi connectivity index (χ1) is 12.1. The Bertz CT molecular complexity index is 812. The van der Waals surface area contributed by atoms with E-state index in [1.807, 2.05) is 0 Å². The molecular weight excluding hydrogens is 348 g/mol. The number of nitrogens with two attached hydrogens (primary N) is 1. The number of hydrogen-bond acceptors (Lipinski definition) is 9. The Morgan fingerprint density at radius 2 is 2.24 bits per heavy atom. The van der Waals surface area contributed by atoms with Gasteiger partial charge in [-0.25, -0.2) is 9.78 Å². The molecule has 2 aromatic heterocycles. The van der Waals surface area contributed by atoms with E-state index in [9.17, 15) is 14.7 Å². The molecule has 0 amide bonds. The maximum Gasteiger partial charge on any atom is 0.361 e. The highest BCUT2D eigenvalue weighted by Gasteiger charge is 2.21. The number of nitrogen functional groups attached to an aromatic ring is 1. The summed E-state index contributed by atoms with van der Waals surface area (Å²) in [6, 6.07) is 1.66. The first kappa shape index (κ1) is 17.4. The van der Waals surface area contributed by atoms with E-state index in [-0.39, 0.29) is 12.4 Å². The summed E-state index contributed by atoms with van der Waals surface area (Å²) in [4.78, 5) is 33.1. The van der Waals surface area contributed by atoms with E-state index in [2.05, 4.69) is 14.9 Å². The number of esters is 1. The molecule has 0 spiro atoms. The van der Waals surface area contributed by atoms with Crippen molar-refractivity contribution in [3.05, 3.63) is 27.5 Å². The van der Waals surface area contributed by atoms with Crippen LogP contribution in [0.3, 0.4) is 0 Å². The Morgan fingerprint density at radius 1 is 1.48 bits per heavy atom. The van der Waals surface area contributed by atoms with Crippen molar-refractivity contribution in [3.8, 4) is 16.5 Å². The Balaban J connectivity index is 1.72. The third kappa shape index (κ3) is 3.98. The number of thiophene rings is 1. The largest absolute Gasteiger partial charge is 0.501 e. The molecule has 0 saturated carbocycles. The van der Waals surface area contributed by atoms with Crippen molar-refractivity contribution < 1.29 is 19.4 Å². The average molecular weight is 366 g/mol. The normalized spacial score (nSPS) is 15.2. The lowest BCUT2D eigenvalue weighted by Crippen LogP contribution is -2.38. The van der Waals surface area contributed by atoms with Crippen LogP contribution in [0.4, 0.5) is 5.69 Å². The quantitative estimate of drug-likeness (QED) is 0.643. The van der Waals surface area contributed by atoms with Crippen LogP contribution in [0.5, 0.6) is 5.75 Å². The van der Waals surface area contributed by atoms with Crippen molar-refractivity contribution in [1.29, 1.82) is 0 Å². The second-order valence-electron chi connectivity index (χ2n) is 5.41. The van der Waals surface area contributed by atoms with Crippen molar-refractivity contribution in [2.75, 3.05) is 45.2 Å². The van der Waals surface area contributed by atoms with Crippen LogP contribution < -0.4 is 11.3 Å². The summed E-state index contributed by atoms with van der Waals surface area (Å²) in [5.41, 5.74) is 4.98. The number of H-pyrrole nitrogens is 1. The van der Waals surface area contributed by atoms with Crippen molar-refractivity contribution >= 4 is 23.0 Å². The number of nitrogens with one attached hydrogen (secondary N) is 1. The van der Waals surface area contributed by atoms with Crippen LogP contribution in [0.2, 0.25) is 0 Å². The van der Waals surface area contributed by atoms with Gasteiger partial charge in [-0.3, -0.25) is 9.69 Å². The maximum absolute atomic E-state index is 12.2. The molecular formula is C15H18N4O5S. The second kappa shape index (κ2) is 7.64. The summed E-state index contributed by atoms with van der Waals surface area (Å²) in [6.07, 6.45) is 0. The number of nitrogens with zero attached hydrogens (tertiary/aromatic N) is 2. The molecule has 1 aliphatic heterocycles. The van der Waals surface area contributed by atoms with E-state index >= 15 is 0 Å². The molecule has 0 aromatic carbocycles. The first-order valence-corrected chi connectivity index (χ1v) is 8.58. The van der Waals surface area contributed by atoms with Crippen LogP contribution >= 0.6 is 11.3 Å². The van der Waals surface area contributed by atoms with Gasteiger partial charge in [0.25, 0.3) is 5.56 Å². The number of aromatic hydroxyl groups is 1. The number of aromatic amines is 1. The summed E-state index contributed by atoms with van der Waals surface area (Å²) in [5, 5.41) is 11.6. The number of aromatic nitrogens is 2. The number of carbonyl (C=O) groups is 1. The molecule has 9 nitrogen and oxygen atoms in total. The number of hydrogen-bond donors (Lipinski definition) is 3. The third-order valence-corrected chi connectivity index (χ3v) is 4.68. The zero-order valence-corrected chi connectivity index (χ0v) is 14.2. The number of morpholine rings is 1. The lowest BCUT2D eigenvalue weighted by atomic mass is 10.3. The minimum atomic E-state index is -0.853. The van der Waals surface area contributed by atoms with Gasteiger partial charge in [0, 0.05) is 19.6 Å². The summed E-state index contributed by atoms with van der Waals surface area (Å²) < 4.78 is 10.4. The van der Waals surface area contributed by atoms with Crippen molar-refractivity contribution in [2.24, 2.45) is 0 Å². The van der Waals surface area contributed by atoms with E-state index in [0.717, 1.165) is 13.1 Å². The monoisotopic (exact) mass is 366 g/mol. The number of anilines is 1. The minimum Gasteiger partial charge on any atom is -0.501 e. The van der Waals surface area contributed by atoms with Gasteiger partial charge in [-0.05, 0) is 11.4 Å². The van der Waals surface area contributed by atoms with Gasteiger partial charge in [-0.2, -0.15) is 0 Å². The van der Waals surface area contributed by atoms with E-state index in [1.54, 1.807) is 11.4 Å². The topological polar surface area (TPSA) is 131 Å². The van der Waals surface area contributed by atoms with Crippen molar-refractivity contribution in [3.63, 3.8) is 0 Å². The molecule has 134 valence electrons. The standard InChI is InChI=1S/C15H18N4O5S/c16-9-1-8-25-12(9)13-17-10(11(20)14(21)18-13)15(22)24-7-4-19-2-5-23-6-3-19/h1,8,20H,2-7,16H2,(H,17,18,21). The lowest BCUT2D eigenvalue weighted by Gasteiger charge is -2.26. The Hall–Kier alpha value is -2.43. The Morgan fingerprint density at radius 3 is 2.92 bits per heavy atom. The summed E-state index contributed by atoms with van der Waals surface area (Å²) in [6.45, 7) is 3.51. The molecule has 1 saturated heterocycles. The summed E-state index contributed by atoms with van der Waals surface area (Å²) in [7, 11) is 0. The molecule has 2 aromatic rings. The molecule has 10 heteroatoms. The van der Waals surface area contributed by atoms with Gasteiger partial charge in [0.1, 0.15) is 6.61 Å². The summed E-state index contributed by atoms with van der Waals surface area (Å²) >= 11 is 1.26. The number of carbonyl (C=O) groups excluding carboxylic acids is 1. The van der Waals surface area contributed by atoms with Crippen LogP contribution in [-0.4, -0.2) is 65.4 Å². The van der Waals surface area contributed by atoms with E-state index in [4.69, 9.17) is 15.2 Å². The zero-order chi connectivity index (χ0) is 17.8. The van der Waals surface area contributed by atoms with E-state index in [1.165, 1.54) is 11.3 Å². The highest BCUT2D eigenvalue weighted by Crippen LogP contribution is 2.29. The number of ether oxygens (including phenoxy) is 2. The third-order valence-electron chi connectivity index (χ3n) is 3.74. The SMILES string of the molecule is Nc1ccsc1-c1nc(C(=O)OCCN2CCOCC2)c(O)c(=O)[nH]1. The molecule has 1 aliphatic rings. The maximum atomic E-state index is 12.2. The number of rotatable bonds is 5. The molecule has 25 heavy (non-hydrogen) atoms. The summed E-state index contributed by atoms with van der Waals surface area (Å²) in [5.74, 6) is -1.50. The molecule has 0 unspecified atom stereocenters. The molecule has 1 fully saturated rings. The zero-order valence-electron chi connectivity index (χ0n) is 13.4. The molecule has 0 aliphatic carbocycles. The smallest absolute Gasteiger partial charge is 0.361 e. The molecule has 4 N–H and O–H groups in total. The molecule has 0 atom stereocenters. The second-order valence-corrected chi connectivity index (χ2v) is 6.32. The highest BCUT2D eigenvalue weighted by molar-refractivity contribution is 7.14. The Labute approximate surface area is 147 Å². The molecule has 0 radical (unpaired) electrons. The van der Waals surface area contributed by atoms with Crippen LogP contribution in [0.1, 0.15) is 10.5 Å². The lowest BCUT2D eigenvalue weighted by molar-refractivity contribution is 0.0191. The van der Waals surface area contributed by atoms with Gasteiger partial charge in [-0.15, -0.1) is 11.3 Å².